The highest BCUT2D eigenvalue weighted by Crippen LogP contribution is 2.14. The van der Waals surface area contributed by atoms with Gasteiger partial charge in [0, 0.05) is 0 Å². The molecule has 1 N–H and O–H groups in total. The fourth-order valence-electron chi connectivity index (χ4n) is 0.779. The zero-order chi connectivity index (χ0) is 10.6. The van der Waals surface area contributed by atoms with Crippen LogP contribution in [-0.4, -0.2) is 22.1 Å². The van der Waals surface area contributed by atoms with Crippen LogP contribution in [0.25, 0.3) is 0 Å². The maximum atomic E-state index is 11.4. The topological polar surface area (TPSA) is 54.9 Å². The first-order valence-corrected chi connectivity index (χ1v) is 5.12. The molecule has 0 bridgehead atoms. The number of halogens is 1. The SMILES string of the molecule is C#CC(CC)NC(=O)c1nnc(Cl)s1. The molecule has 0 fully saturated rings. The van der Waals surface area contributed by atoms with Crippen molar-refractivity contribution in [1.82, 2.24) is 15.5 Å². The van der Waals surface area contributed by atoms with Gasteiger partial charge in [-0.3, -0.25) is 4.79 Å². The molecule has 1 rings (SSSR count). The van der Waals surface area contributed by atoms with E-state index in [1.807, 2.05) is 6.92 Å². The molecule has 0 aliphatic carbocycles. The molecule has 0 spiro atoms. The van der Waals surface area contributed by atoms with Crippen molar-refractivity contribution in [1.29, 1.82) is 0 Å². The minimum atomic E-state index is -0.334. The number of carbonyl (C=O) groups is 1. The number of hydrogen-bond acceptors (Lipinski definition) is 4. The van der Waals surface area contributed by atoms with Crippen LogP contribution in [0, 0.1) is 12.3 Å². The van der Waals surface area contributed by atoms with Crippen LogP contribution in [0.1, 0.15) is 23.1 Å². The summed E-state index contributed by atoms with van der Waals surface area (Å²) < 4.78 is 0.240. The number of amides is 1. The van der Waals surface area contributed by atoms with Crippen molar-refractivity contribution in [3.8, 4) is 12.3 Å². The van der Waals surface area contributed by atoms with E-state index in [1.165, 1.54) is 0 Å². The Morgan fingerprint density at radius 2 is 2.50 bits per heavy atom. The zero-order valence-corrected chi connectivity index (χ0v) is 9.02. The van der Waals surface area contributed by atoms with Crippen molar-refractivity contribution in [2.75, 3.05) is 0 Å². The molecule has 1 unspecified atom stereocenters. The van der Waals surface area contributed by atoms with Crippen LogP contribution in [-0.2, 0) is 0 Å². The second-order valence-electron chi connectivity index (χ2n) is 2.46. The molecule has 1 heterocycles. The van der Waals surface area contributed by atoms with Gasteiger partial charge in [-0.1, -0.05) is 24.2 Å². The molecule has 0 aliphatic heterocycles. The zero-order valence-electron chi connectivity index (χ0n) is 7.45. The number of terminal acetylenes is 1. The van der Waals surface area contributed by atoms with Crippen LogP contribution in [0.15, 0.2) is 0 Å². The van der Waals surface area contributed by atoms with E-state index in [2.05, 4.69) is 21.4 Å². The molecule has 74 valence electrons. The maximum absolute atomic E-state index is 11.4. The summed E-state index contributed by atoms with van der Waals surface area (Å²) in [7, 11) is 0. The Morgan fingerprint density at radius 3 is 2.93 bits per heavy atom. The minimum absolute atomic E-state index is 0.226. The molecule has 6 heteroatoms. The van der Waals surface area contributed by atoms with Gasteiger partial charge in [-0.25, -0.2) is 0 Å². The third-order valence-electron chi connectivity index (χ3n) is 1.51. The molecule has 0 aliphatic rings. The highest BCUT2D eigenvalue weighted by molar-refractivity contribution is 7.17. The number of nitrogens with one attached hydrogen (secondary N) is 1. The number of hydrogen-bond donors (Lipinski definition) is 1. The summed E-state index contributed by atoms with van der Waals surface area (Å²) in [6.07, 6.45) is 5.87. The number of nitrogens with zero attached hydrogens (tertiary/aromatic N) is 2. The van der Waals surface area contributed by atoms with Gasteiger partial charge < -0.3 is 5.32 Å². The lowest BCUT2D eigenvalue weighted by Gasteiger charge is -2.07. The Bertz CT molecular complexity index is 371. The van der Waals surface area contributed by atoms with E-state index in [4.69, 9.17) is 18.0 Å². The molecule has 0 aromatic carbocycles. The standard InChI is InChI=1S/C8H8ClN3OS/c1-3-5(4-2)10-6(13)7-11-12-8(9)14-7/h1,5H,4H2,2H3,(H,10,13). The van der Waals surface area contributed by atoms with Crippen molar-refractivity contribution in [3.63, 3.8) is 0 Å². The summed E-state index contributed by atoms with van der Waals surface area (Å²) >= 11 is 6.55. The smallest absolute Gasteiger partial charge is 0.283 e. The van der Waals surface area contributed by atoms with Gasteiger partial charge in [-0.15, -0.1) is 16.6 Å². The Morgan fingerprint density at radius 1 is 1.79 bits per heavy atom. The fourth-order valence-corrected chi connectivity index (χ4v) is 1.51. The number of rotatable bonds is 3. The van der Waals surface area contributed by atoms with Crippen LogP contribution in [0.3, 0.4) is 0 Å². The lowest BCUT2D eigenvalue weighted by Crippen LogP contribution is -2.33. The van der Waals surface area contributed by atoms with E-state index < -0.39 is 0 Å². The molecule has 0 saturated heterocycles. The maximum Gasteiger partial charge on any atom is 0.283 e. The van der Waals surface area contributed by atoms with Gasteiger partial charge in [0.1, 0.15) is 0 Å². The monoisotopic (exact) mass is 229 g/mol. The molecule has 1 aromatic rings. The van der Waals surface area contributed by atoms with Crippen LogP contribution < -0.4 is 5.32 Å². The molecule has 14 heavy (non-hydrogen) atoms. The molecule has 1 amide bonds. The number of aromatic nitrogens is 2. The summed E-state index contributed by atoms with van der Waals surface area (Å²) in [5.74, 6) is 2.12. The van der Waals surface area contributed by atoms with Crippen molar-refractivity contribution < 1.29 is 4.79 Å². The van der Waals surface area contributed by atoms with Gasteiger partial charge >= 0.3 is 0 Å². The van der Waals surface area contributed by atoms with Crippen LogP contribution in [0.2, 0.25) is 4.47 Å². The largest absolute Gasteiger partial charge is 0.336 e. The van der Waals surface area contributed by atoms with Crippen molar-refractivity contribution in [3.05, 3.63) is 9.47 Å². The van der Waals surface area contributed by atoms with Gasteiger partial charge in [0.25, 0.3) is 5.91 Å². The molecule has 1 atom stereocenters. The van der Waals surface area contributed by atoms with Crippen LogP contribution in [0.5, 0.6) is 0 Å². The van der Waals surface area contributed by atoms with E-state index in [1.54, 1.807) is 0 Å². The van der Waals surface area contributed by atoms with E-state index in [-0.39, 0.29) is 21.4 Å². The molecular weight excluding hydrogens is 222 g/mol. The second kappa shape index (κ2) is 4.94. The Kier molecular flexibility index (Phi) is 3.86. The average Bonchev–Trinajstić information content (AvgIpc) is 2.61. The Balaban J connectivity index is 2.64. The fraction of sp³-hybridized carbons (Fsp3) is 0.375. The Hall–Kier alpha value is -1.12. The molecular formula is C8H8ClN3OS. The first kappa shape index (κ1) is 11.0. The van der Waals surface area contributed by atoms with Gasteiger partial charge in [0.15, 0.2) is 0 Å². The normalized spacial score (nSPS) is 11.8. The van der Waals surface area contributed by atoms with E-state index in [0.717, 1.165) is 11.3 Å². The van der Waals surface area contributed by atoms with Gasteiger partial charge in [-0.2, -0.15) is 0 Å². The van der Waals surface area contributed by atoms with Crippen LogP contribution >= 0.6 is 22.9 Å². The number of carbonyl (C=O) groups excluding carboxylic acids is 1. The summed E-state index contributed by atoms with van der Waals surface area (Å²) in [4.78, 5) is 11.4. The Labute approximate surface area is 90.7 Å². The lowest BCUT2D eigenvalue weighted by molar-refractivity contribution is 0.0944. The molecule has 4 nitrogen and oxygen atoms in total. The predicted molar refractivity (Wildman–Crippen MR) is 55.3 cm³/mol. The second-order valence-corrected chi connectivity index (χ2v) is 4.02. The molecule has 0 radical (unpaired) electrons. The highest BCUT2D eigenvalue weighted by Gasteiger charge is 2.14. The van der Waals surface area contributed by atoms with E-state index in [9.17, 15) is 4.79 Å². The summed E-state index contributed by atoms with van der Waals surface area (Å²) in [5, 5.41) is 9.96. The molecule has 1 aromatic heterocycles. The third kappa shape index (κ3) is 2.69. The lowest BCUT2D eigenvalue weighted by atomic mass is 10.2. The van der Waals surface area contributed by atoms with E-state index in [0.29, 0.717) is 6.42 Å². The van der Waals surface area contributed by atoms with Gasteiger partial charge in [0.05, 0.1) is 6.04 Å². The van der Waals surface area contributed by atoms with Gasteiger partial charge in [-0.05, 0) is 18.0 Å². The minimum Gasteiger partial charge on any atom is -0.336 e. The first-order valence-electron chi connectivity index (χ1n) is 3.93. The average molecular weight is 230 g/mol. The van der Waals surface area contributed by atoms with Crippen molar-refractivity contribution in [2.24, 2.45) is 0 Å². The first-order chi connectivity index (χ1) is 6.67. The molecule has 0 saturated carbocycles. The van der Waals surface area contributed by atoms with Crippen molar-refractivity contribution in [2.45, 2.75) is 19.4 Å². The third-order valence-corrected chi connectivity index (χ3v) is 2.53. The van der Waals surface area contributed by atoms with E-state index >= 15 is 0 Å². The predicted octanol–water partition coefficient (Wildman–Crippen LogP) is 1.33. The highest BCUT2D eigenvalue weighted by atomic mass is 35.5. The summed E-state index contributed by atoms with van der Waals surface area (Å²) in [5.41, 5.74) is 0. The summed E-state index contributed by atoms with van der Waals surface area (Å²) in [6.45, 7) is 1.89. The van der Waals surface area contributed by atoms with Crippen LogP contribution in [0.4, 0.5) is 0 Å². The van der Waals surface area contributed by atoms with Crippen molar-refractivity contribution >= 4 is 28.8 Å². The quantitative estimate of drug-likeness (QED) is 0.796. The van der Waals surface area contributed by atoms with Gasteiger partial charge in [0.2, 0.25) is 9.47 Å². The summed E-state index contributed by atoms with van der Waals surface area (Å²) in [6, 6.07) is -0.273.